The molecule has 19 heavy (non-hydrogen) atoms. The summed E-state index contributed by atoms with van der Waals surface area (Å²) in [4.78, 5) is 11.7. The number of hydrogen-bond donors (Lipinski definition) is 2. The van der Waals surface area contributed by atoms with Crippen LogP contribution in [0, 0.1) is 0 Å². The van der Waals surface area contributed by atoms with Gasteiger partial charge in [-0.1, -0.05) is 23.1 Å². The largest absolute Gasteiger partial charge is 0.376 e. The molecule has 1 aliphatic rings. The van der Waals surface area contributed by atoms with Crippen LogP contribution in [0.1, 0.15) is 19.8 Å². The Bertz CT molecular complexity index is 407. The topological polar surface area (TPSA) is 76.1 Å². The number of thioether (sulfide) groups is 1. The zero-order valence-electron chi connectivity index (χ0n) is 10.8. The number of amides is 1. The van der Waals surface area contributed by atoms with Crippen molar-refractivity contribution in [3.8, 4) is 0 Å². The first-order chi connectivity index (χ1) is 9.28. The molecule has 1 amide bonds. The third-order valence-electron chi connectivity index (χ3n) is 2.61. The van der Waals surface area contributed by atoms with Gasteiger partial charge in [-0.2, -0.15) is 0 Å². The Kier molecular flexibility index (Phi) is 5.87. The molecule has 0 bridgehead atoms. The van der Waals surface area contributed by atoms with Gasteiger partial charge < -0.3 is 15.4 Å². The van der Waals surface area contributed by atoms with E-state index in [1.807, 2.05) is 6.92 Å². The molecule has 2 N–H and O–H groups in total. The predicted octanol–water partition coefficient (Wildman–Crippen LogP) is 1.36. The minimum absolute atomic E-state index is 0.0145. The number of carbonyl (C=O) groups excluding carboxylic acids is 1. The monoisotopic (exact) mass is 302 g/mol. The van der Waals surface area contributed by atoms with E-state index in [4.69, 9.17) is 4.74 Å². The number of hydrogen-bond acceptors (Lipinski definition) is 7. The lowest BCUT2D eigenvalue weighted by Gasteiger charge is -2.09. The van der Waals surface area contributed by atoms with Gasteiger partial charge in [-0.25, -0.2) is 0 Å². The Morgan fingerprint density at radius 1 is 1.58 bits per heavy atom. The highest BCUT2D eigenvalue weighted by molar-refractivity contribution is 8.01. The van der Waals surface area contributed by atoms with E-state index in [2.05, 4.69) is 20.8 Å². The SMILES string of the molecule is CCNc1nnc(SCC(=O)NC[C@@H]2CCCO2)s1. The normalized spacial score (nSPS) is 18.5. The molecule has 1 fully saturated rings. The fraction of sp³-hybridized carbons (Fsp3) is 0.727. The lowest BCUT2D eigenvalue weighted by molar-refractivity contribution is -0.119. The van der Waals surface area contributed by atoms with E-state index in [9.17, 15) is 4.79 Å². The third-order valence-corrected chi connectivity index (χ3v) is 4.63. The van der Waals surface area contributed by atoms with Crippen LogP contribution in [0.3, 0.4) is 0 Å². The summed E-state index contributed by atoms with van der Waals surface area (Å²) in [5.74, 6) is 0.383. The second-order valence-electron chi connectivity index (χ2n) is 4.13. The lowest BCUT2D eigenvalue weighted by Crippen LogP contribution is -2.32. The first kappa shape index (κ1) is 14.5. The predicted molar refractivity (Wildman–Crippen MR) is 76.8 cm³/mol. The van der Waals surface area contributed by atoms with Crippen LogP contribution in [-0.2, 0) is 9.53 Å². The Morgan fingerprint density at radius 2 is 2.47 bits per heavy atom. The van der Waals surface area contributed by atoms with Gasteiger partial charge in [-0.05, 0) is 19.8 Å². The van der Waals surface area contributed by atoms with Gasteiger partial charge in [0.2, 0.25) is 11.0 Å². The van der Waals surface area contributed by atoms with Crippen molar-refractivity contribution in [3.05, 3.63) is 0 Å². The summed E-state index contributed by atoms with van der Waals surface area (Å²) >= 11 is 2.88. The second kappa shape index (κ2) is 7.66. The molecule has 1 saturated heterocycles. The number of carbonyl (C=O) groups is 1. The van der Waals surface area contributed by atoms with E-state index in [1.54, 1.807) is 0 Å². The molecule has 8 heteroatoms. The molecule has 0 spiro atoms. The molecule has 1 aromatic heterocycles. The van der Waals surface area contributed by atoms with E-state index in [1.165, 1.54) is 23.1 Å². The highest BCUT2D eigenvalue weighted by Crippen LogP contribution is 2.24. The van der Waals surface area contributed by atoms with Crippen LogP contribution in [0.5, 0.6) is 0 Å². The van der Waals surface area contributed by atoms with Gasteiger partial charge in [0.1, 0.15) is 0 Å². The van der Waals surface area contributed by atoms with Gasteiger partial charge >= 0.3 is 0 Å². The molecule has 6 nitrogen and oxygen atoms in total. The van der Waals surface area contributed by atoms with Crippen LogP contribution in [-0.4, -0.2) is 47.7 Å². The molecular formula is C11H18N4O2S2. The first-order valence-corrected chi connectivity index (χ1v) is 8.16. The summed E-state index contributed by atoms with van der Waals surface area (Å²) in [5.41, 5.74) is 0. The van der Waals surface area contributed by atoms with Crippen LogP contribution in [0.4, 0.5) is 5.13 Å². The summed E-state index contributed by atoms with van der Waals surface area (Å²) in [6.45, 7) is 4.25. The Balaban J connectivity index is 1.64. The highest BCUT2D eigenvalue weighted by atomic mass is 32.2. The van der Waals surface area contributed by atoms with Crippen LogP contribution >= 0.6 is 23.1 Å². The van der Waals surface area contributed by atoms with Crippen molar-refractivity contribution in [2.45, 2.75) is 30.2 Å². The molecule has 0 aromatic carbocycles. The van der Waals surface area contributed by atoms with E-state index in [0.717, 1.165) is 35.5 Å². The fourth-order valence-corrected chi connectivity index (χ4v) is 3.35. The maximum absolute atomic E-state index is 11.7. The molecule has 0 aliphatic carbocycles. The number of rotatable bonds is 7. The smallest absolute Gasteiger partial charge is 0.230 e. The molecule has 2 heterocycles. The third kappa shape index (κ3) is 4.96. The molecule has 0 saturated carbocycles. The lowest BCUT2D eigenvalue weighted by atomic mass is 10.2. The number of ether oxygens (including phenoxy) is 1. The van der Waals surface area contributed by atoms with Gasteiger partial charge in [-0.3, -0.25) is 4.79 Å². The second-order valence-corrected chi connectivity index (χ2v) is 6.33. The number of aromatic nitrogens is 2. The Labute approximate surface area is 120 Å². The van der Waals surface area contributed by atoms with Crippen molar-refractivity contribution in [2.24, 2.45) is 0 Å². The Hall–Kier alpha value is -0.860. The van der Waals surface area contributed by atoms with Gasteiger partial charge in [-0.15, -0.1) is 10.2 Å². The van der Waals surface area contributed by atoms with Crippen LogP contribution < -0.4 is 10.6 Å². The van der Waals surface area contributed by atoms with Crippen LogP contribution in [0.2, 0.25) is 0 Å². The summed E-state index contributed by atoms with van der Waals surface area (Å²) in [6, 6.07) is 0. The maximum atomic E-state index is 11.7. The zero-order valence-corrected chi connectivity index (χ0v) is 12.5. The van der Waals surface area contributed by atoms with Crippen molar-refractivity contribution in [2.75, 3.05) is 30.8 Å². The number of nitrogens with zero attached hydrogens (tertiary/aromatic N) is 2. The van der Waals surface area contributed by atoms with Crippen molar-refractivity contribution in [1.29, 1.82) is 0 Å². The van der Waals surface area contributed by atoms with Gasteiger partial charge in [0, 0.05) is 19.7 Å². The standard InChI is InChI=1S/C11H18N4O2S2/c1-2-12-10-14-15-11(19-10)18-7-9(16)13-6-8-4-3-5-17-8/h8H,2-7H2,1H3,(H,12,14)(H,13,16)/t8-/m0/s1. The highest BCUT2D eigenvalue weighted by Gasteiger charge is 2.16. The molecule has 0 unspecified atom stereocenters. The summed E-state index contributed by atoms with van der Waals surface area (Å²) in [6.07, 6.45) is 2.32. The molecule has 1 aliphatic heterocycles. The van der Waals surface area contributed by atoms with Crippen molar-refractivity contribution in [1.82, 2.24) is 15.5 Å². The van der Waals surface area contributed by atoms with Gasteiger partial charge in [0.05, 0.1) is 11.9 Å². The maximum Gasteiger partial charge on any atom is 0.230 e. The van der Waals surface area contributed by atoms with E-state index in [0.29, 0.717) is 12.3 Å². The summed E-state index contributed by atoms with van der Waals surface area (Å²) in [5, 5.41) is 14.8. The minimum atomic E-state index is 0.0145. The average Bonchev–Trinajstić information content (AvgIpc) is 3.05. The van der Waals surface area contributed by atoms with E-state index >= 15 is 0 Å². The number of nitrogens with one attached hydrogen (secondary N) is 2. The van der Waals surface area contributed by atoms with E-state index < -0.39 is 0 Å². The minimum Gasteiger partial charge on any atom is -0.376 e. The molecule has 2 rings (SSSR count). The molecule has 106 valence electrons. The Morgan fingerprint density at radius 3 is 3.21 bits per heavy atom. The van der Waals surface area contributed by atoms with Crippen LogP contribution in [0.25, 0.3) is 0 Å². The van der Waals surface area contributed by atoms with Gasteiger partial charge in [0.15, 0.2) is 4.34 Å². The van der Waals surface area contributed by atoms with Gasteiger partial charge in [0.25, 0.3) is 0 Å². The van der Waals surface area contributed by atoms with Crippen molar-refractivity contribution < 1.29 is 9.53 Å². The van der Waals surface area contributed by atoms with E-state index in [-0.39, 0.29) is 12.0 Å². The molecule has 1 aromatic rings. The average molecular weight is 302 g/mol. The molecule has 0 radical (unpaired) electrons. The molecular weight excluding hydrogens is 284 g/mol. The van der Waals surface area contributed by atoms with Crippen molar-refractivity contribution in [3.63, 3.8) is 0 Å². The molecule has 1 atom stereocenters. The van der Waals surface area contributed by atoms with Crippen molar-refractivity contribution >= 4 is 34.1 Å². The quantitative estimate of drug-likeness (QED) is 0.741. The fourth-order valence-electron chi connectivity index (χ4n) is 1.70. The summed E-state index contributed by atoms with van der Waals surface area (Å²) < 4.78 is 6.25. The zero-order chi connectivity index (χ0) is 13.5. The number of anilines is 1. The first-order valence-electron chi connectivity index (χ1n) is 6.36. The van der Waals surface area contributed by atoms with Crippen LogP contribution in [0.15, 0.2) is 4.34 Å². The summed E-state index contributed by atoms with van der Waals surface area (Å²) in [7, 11) is 0.